The Hall–Kier alpha value is -0.890. The summed E-state index contributed by atoms with van der Waals surface area (Å²) < 4.78 is 5.67. The van der Waals surface area contributed by atoms with Crippen molar-refractivity contribution in [2.24, 2.45) is 5.84 Å². The SMILES string of the molecule is CCc1cc2c(SCC3CCCO3)nc(NN)nc2s1. The lowest BCUT2D eigenvalue weighted by Crippen LogP contribution is -2.11. The van der Waals surface area contributed by atoms with E-state index in [0.717, 1.165) is 40.4 Å². The van der Waals surface area contributed by atoms with Crippen molar-refractivity contribution in [3.8, 4) is 0 Å². The maximum absolute atomic E-state index is 5.67. The third-order valence-electron chi connectivity index (χ3n) is 3.32. The molecule has 20 heavy (non-hydrogen) atoms. The second kappa shape index (κ2) is 6.26. The topological polar surface area (TPSA) is 73.1 Å². The Labute approximate surface area is 126 Å². The zero-order valence-electron chi connectivity index (χ0n) is 11.4. The van der Waals surface area contributed by atoms with E-state index in [4.69, 9.17) is 10.6 Å². The molecule has 0 bridgehead atoms. The van der Waals surface area contributed by atoms with E-state index in [0.29, 0.717) is 12.1 Å². The Morgan fingerprint density at radius 2 is 2.45 bits per heavy atom. The number of fused-ring (bicyclic) bond motifs is 1. The Morgan fingerprint density at radius 1 is 1.55 bits per heavy atom. The van der Waals surface area contributed by atoms with Crippen LogP contribution < -0.4 is 11.3 Å². The fourth-order valence-corrected chi connectivity index (χ4v) is 4.34. The number of aryl methyl sites for hydroxylation is 1. The molecule has 1 fully saturated rings. The summed E-state index contributed by atoms with van der Waals surface area (Å²) in [5.74, 6) is 6.88. The standard InChI is InChI=1S/C13H18N4OS2/c1-2-9-6-10-11(19-7-8-4-3-5-18-8)15-13(17-14)16-12(10)20-9/h6,8H,2-5,7,14H2,1H3,(H,15,16,17). The number of aromatic nitrogens is 2. The number of hydrazine groups is 1. The Morgan fingerprint density at radius 3 is 3.15 bits per heavy atom. The minimum Gasteiger partial charge on any atom is -0.377 e. The summed E-state index contributed by atoms with van der Waals surface area (Å²) in [6.45, 7) is 3.04. The predicted octanol–water partition coefficient (Wildman–Crippen LogP) is 2.81. The van der Waals surface area contributed by atoms with Gasteiger partial charge in [0.25, 0.3) is 0 Å². The summed E-state index contributed by atoms with van der Waals surface area (Å²) in [6.07, 6.45) is 3.68. The lowest BCUT2D eigenvalue weighted by molar-refractivity contribution is 0.129. The van der Waals surface area contributed by atoms with Crippen LogP contribution in [0.5, 0.6) is 0 Å². The predicted molar refractivity (Wildman–Crippen MR) is 84.3 cm³/mol. The van der Waals surface area contributed by atoms with Crippen LogP contribution in [0.3, 0.4) is 0 Å². The van der Waals surface area contributed by atoms with E-state index in [2.05, 4.69) is 28.4 Å². The normalized spacial score (nSPS) is 18.8. The number of hydrogen-bond donors (Lipinski definition) is 2. The monoisotopic (exact) mass is 310 g/mol. The van der Waals surface area contributed by atoms with E-state index in [-0.39, 0.29) is 0 Å². The van der Waals surface area contributed by atoms with Gasteiger partial charge in [0.05, 0.1) is 6.10 Å². The fourth-order valence-electron chi connectivity index (χ4n) is 2.24. The van der Waals surface area contributed by atoms with Crippen LogP contribution >= 0.6 is 23.1 Å². The number of thioether (sulfide) groups is 1. The van der Waals surface area contributed by atoms with Crippen molar-refractivity contribution >= 4 is 39.3 Å². The average Bonchev–Trinajstić information content (AvgIpc) is 3.12. The van der Waals surface area contributed by atoms with Crippen molar-refractivity contribution in [3.63, 3.8) is 0 Å². The molecular formula is C13H18N4OS2. The molecular weight excluding hydrogens is 292 g/mol. The zero-order chi connectivity index (χ0) is 13.9. The molecule has 1 atom stereocenters. The van der Waals surface area contributed by atoms with Crippen molar-refractivity contribution < 1.29 is 4.74 Å². The highest BCUT2D eigenvalue weighted by atomic mass is 32.2. The van der Waals surface area contributed by atoms with Gasteiger partial charge in [0.2, 0.25) is 5.95 Å². The molecule has 0 spiro atoms. The van der Waals surface area contributed by atoms with Gasteiger partial charge < -0.3 is 4.74 Å². The minimum atomic E-state index is 0.351. The molecule has 0 aromatic carbocycles. The molecule has 1 saturated heterocycles. The molecule has 108 valence electrons. The minimum absolute atomic E-state index is 0.351. The lowest BCUT2D eigenvalue weighted by Gasteiger charge is -2.09. The Bertz CT molecular complexity index is 595. The van der Waals surface area contributed by atoms with Gasteiger partial charge in [-0.25, -0.2) is 15.8 Å². The van der Waals surface area contributed by atoms with Gasteiger partial charge in [-0.2, -0.15) is 0 Å². The zero-order valence-corrected chi connectivity index (χ0v) is 13.0. The molecule has 1 unspecified atom stereocenters. The van der Waals surface area contributed by atoms with Gasteiger partial charge in [-0.15, -0.1) is 23.1 Å². The largest absolute Gasteiger partial charge is 0.377 e. The van der Waals surface area contributed by atoms with Crippen LogP contribution in [0.4, 0.5) is 5.95 Å². The molecule has 3 rings (SSSR count). The number of ether oxygens (including phenoxy) is 1. The molecule has 0 amide bonds. The number of nitrogens with zero attached hydrogens (tertiary/aromatic N) is 2. The summed E-state index contributed by atoms with van der Waals surface area (Å²) in [7, 11) is 0. The van der Waals surface area contributed by atoms with Gasteiger partial charge in [-0.05, 0) is 25.3 Å². The number of nitrogens with two attached hydrogens (primary N) is 1. The van der Waals surface area contributed by atoms with Crippen LogP contribution in [0.2, 0.25) is 0 Å². The molecule has 7 heteroatoms. The van der Waals surface area contributed by atoms with Gasteiger partial charge in [-0.1, -0.05) is 6.92 Å². The first-order valence-electron chi connectivity index (χ1n) is 6.81. The number of nitrogen functional groups attached to an aromatic ring is 1. The molecule has 3 heterocycles. The van der Waals surface area contributed by atoms with Gasteiger partial charge in [0.15, 0.2) is 0 Å². The van der Waals surface area contributed by atoms with E-state index in [9.17, 15) is 0 Å². The van der Waals surface area contributed by atoms with Crippen LogP contribution in [-0.2, 0) is 11.2 Å². The maximum atomic E-state index is 5.67. The Kier molecular flexibility index (Phi) is 4.40. The van der Waals surface area contributed by atoms with Crippen molar-refractivity contribution in [1.29, 1.82) is 0 Å². The van der Waals surface area contributed by atoms with Gasteiger partial charge >= 0.3 is 0 Å². The molecule has 1 aliphatic heterocycles. The van der Waals surface area contributed by atoms with Crippen molar-refractivity contribution in [3.05, 3.63) is 10.9 Å². The van der Waals surface area contributed by atoms with E-state index < -0.39 is 0 Å². The van der Waals surface area contributed by atoms with Gasteiger partial charge in [-0.3, -0.25) is 5.43 Å². The maximum Gasteiger partial charge on any atom is 0.239 e. The number of thiophene rings is 1. The summed E-state index contributed by atoms with van der Waals surface area (Å²) in [5.41, 5.74) is 2.55. The third-order valence-corrected chi connectivity index (χ3v) is 5.61. The number of nitrogens with one attached hydrogen (secondary N) is 1. The molecule has 0 radical (unpaired) electrons. The molecule has 3 N–H and O–H groups in total. The first-order valence-corrected chi connectivity index (χ1v) is 8.62. The molecule has 2 aromatic rings. The van der Waals surface area contributed by atoms with Crippen LogP contribution in [0.15, 0.2) is 11.1 Å². The highest BCUT2D eigenvalue weighted by Gasteiger charge is 2.18. The highest BCUT2D eigenvalue weighted by molar-refractivity contribution is 7.99. The number of anilines is 1. The fraction of sp³-hybridized carbons (Fsp3) is 0.538. The average molecular weight is 310 g/mol. The summed E-state index contributed by atoms with van der Waals surface area (Å²) >= 11 is 3.44. The molecule has 2 aromatic heterocycles. The van der Waals surface area contributed by atoms with Crippen molar-refractivity contribution in [2.45, 2.75) is 37.3 Å². The molecule has 0 saturated carbocycles. The smallest absolute Gasteiger partial charge is 0.239 e. The lowest BCUT2D eigenvalue weighted by atomic mass is 10.3. The second-order valence-corrected chi connectivity index (χ2v) is 6.85. The number of hydrogen-bond acceptors (Lipinski definition) is 7. The Balaban J connectivity index is 1.87. The molecule has 1 aliphatic rings. The summed E-state index contributed by atoms with van der Waals surface area (Å²) in [4.78, 5) is 11.2. The van der Waals surface area contributed by atoms with Crippen LogP contribution in [0.25, 0.3) is 10.2 Å². The van der Waals surface area contributed by atoms with Crippen molar-refractivity contribution in [1.82, 2.24) is 9.97 Å². The van der Waals surface area contributed by atoms with Crippen LogP contribution in [0.1, 0.15) is 24.6 Å². The number of rotatable bonds is 5. The van der Waals surface area contributed by atoms with E-state index in [1.807, 2.05) is 0 Å². The highest BCUT2D eigenvalue weighted by Crippen LogP contribution is 2.33. The van der Waals surface area contributed by atoms with Crippen molar-refractivity contribution in [2.75, 3.05) is 17.8 Å². The van der Waals surface area contributed by atoms with E-state index in [1.54, 1.807) is 23.1 Å². The van der Waals surface area contributed by atoms with Crippen LogP contribution in [0, 0.1) is 0 Å². The molecule has 0 aliphatic carbocycles. The quantitative estimate of drug-likeness (QED) is 0.383. The third kappa shape index (κ3) is 2.90. The van der Waals surface area contributed by atoms with Gasteiger partial charge in [0.1, 0.15) is 9.86 Å². The summed E-state index contributed by atoms with van der Waals surface area (Å²) in [5, 5.41) is 2.13. The van der Waals surface area contributed by atoms with E-state index >= 15 is 0 Å². The second-order valence-electron chi connectivity index (χ2n) is 4.73. The molecule has 5 nitrogen and oxygen atoms in total. The van der Waals surface area contributed by atoms with Crippen LogP contribution in [-0.4, -0.2) is 28.4 Å². The first-order chi connectivity index (χ1) is 9.80. The van der Waals surface area contributed by atoms with Gasteiger partial charge in [0, 0.05) is 22.6 Å². The van der Waals surface area contributed by atoms with E-state index in [1.165, 1.54) is 11.3 Å². The summed E-state index contributed by atoms with van der Waals surface area (Å²) in [6, 6.07) is 2.19. The first kappa shape index (κ1) is 14.1.